The van der Waals surface area contributed by atoms with Crippen LogP contribution in [-0.4, -0.2) is 46.9 Å². The van der Waals surface area contributed by atoms with Gasteiger partial charge in [0.05, 0.1) is 19.1 Å². The molecule has 0 aromatic carbocycles. The SMILES string of the molecule is COc1ncnc(NC2CC(=O)N(C)C2=O)c1C. The van der Waals surface area contributed by atoms with Gasteiger partial charge in [0.25, 0.3) is 5.91 Å². The van der Waals surface area contributed by atoms with Gasteiger partial charge in [0.15, 0.2) is 0 Å². The first kappa shape index (κ1) is 12.3. The van der Waals surface area contributed by atoms with Crippen LogP contribution in [0.4, 0.5) is 5.82 Å². The van der Waals surface area contributed by atoms with E-state index >= 15 is 0 Å². The molecule has 1 unspecified atom stereocenters. The smallest absolute Gasteiger partial charge is 0.251 e. The Labute approximate surface area is 104 Å². The first-order chi connectivity index (χ1) is 8.54. The third kappa shape index (κ3) is 1.99. The van der Waals surface area contributed by atoms with E-state index in [0.29, 0.717) is 17.3 Å². The van der Waals surface area contributed by atoms with Crippen LogP contribution in [0.5, 0.6) is 5.88 Å². The fourth-order valence-electron chi connectivity index (χ4n) is 1.82. The molecule has 0 radical (unpaired) electrons. The number of hydrogen-bond acceptors (Lipinski definition) is 6. The number of nitrogens with one attached hydrogen (secondary N) is 1. The summed E-state index contributed by atoms with van der Waals surface area (Å²) in [6.45, 7) is 1.78. The molecule has 0 bridgehead atoms. The maximum absolute atomic E-state index is 11.8. The zero-order valence-corrected chi connectivity index (χ0v) is 10.4. The fraction of sp³-hybridized carbons (Fsp3) is 0.455. The minimum absolute atomic E-state index is 0.140. The van der Waals surface area contributed by atoms with Crippen molar-refractivity contribution in [1.29, 1.82) is 0 Å². The molecule has 7 nitrogen and oxygen atoms in total. The van der Waals surface area contributed by atoms with Gasteiger partial charge >= 0.3 is 0 Å². The maximum Gasteiger partial charge on any atom is 0.251 e. The second-order valence-corrected chi connectivity index (χ2v) is 4.05. The summed E-state index contributed by atoms with van der Waals surface area (Å²) < 4.78 is 5.07. The van der Waals surface area contributed by atoms with E-state index in [9.17, 15) is 9.59 Å². The van der Waals surface area contributed by atoms with E-state index in [4.69, 9.17) is 4.74 Å². The number of methoxy groups -OCH3 is 1. The van der Waals surface area contributed by atoms with Gasteiger partial charge in [-0.1, -0.05) is 0 Å². The summed E-state index contributed by atoms with van der Waals surface area (Å²) in [4.78, 5) is 32.3. The Kier molecular flexibility index (Phi) is 3.14. The topological polar surface area (TPSA) is 84.4 Å². The zero-order chi connectivity index (χ0) is 13.3. The lowest BCUT2D eigenvalue weighted by Gasteiger charge is -2.14. The standard InChI is InChI=1S/C11H14N4O3/c1-6-9(12-5-13-10(6)18-3)14-7-4-8(16)15(2)11(7)17/h5,7H,4H2,1-3H3,(H,12,13,14). The monoisotopic (exact) mass is 250 g/mol. The quantitative estimate of drug-likeness (QED) is 0.758. The molecule has 96 valence electrons. The molecule has 0 saturated carbocycles. The van der Waals surface area contributed by atoms with Gasteiger partial charge in [-0.05, 0) is 6.92 Å². The van der Waals surface area contributed by atoms with Gasteiger partial charge in [0.2, 0.25) is 11.8 Å². The largest absolute Gasteiger partial charge is 0.481 e. The lowest BCUT2D eigenvalue weighted by atomic mass is 10.2. The summed E-state index contributed by atoms with van der Waals surface area (Å²) in [5.74, 6) is 0.495. The molecule has 7 heteroatoms. The minimum Gasteiger partial charge on any atom is -0.481 e. The number of likely N-dealkylation sites (N-methyl/N-ethyl adjacent to an activating group) is 1. The predicted octanol–water partition coefficient (Wildman–Crippen LogP) is -0.0372. The Bertz CT molecular complexity index is 503. The highest BCUT2D eigenvalue weighted by molar-refractivity contribution is 6.06. The summed E-state index contributed by atoms with van der Waals surface area (Å²) in [6, 6.07) is -0.569. The molecule has 0 spiro atoms. The first-order valence-corrected chi connectivity index (χ1v) is 5.47. The Balaban J connectivity index is 2.20. The molecule has 1 aromatic heterocycles. The van der Waals surface area contributed by atoms with Crippen molar-refractivity contribution in [3.8, 4) is 5.88 Å². The van der Waals surface area contributed by atoms with Crippen LogP contribution < -0.4 is 10.1 Å². The van der Waals surface area contributed by atoms with Crippen LogP contribution in [0.3, 0.4) is 0 Å². The number of likely N-dealkylation sites (tertiary alicyclic amines) is 1. The predicted molar refractivity (Wildman–Crippen MR) is 63.1 cm³/mol. The van der Waals surface area contributed by atoms with Crippen molar-refractivity contribution >= 4 is 17.6 Å². The van der Waals surface area contributed by atoms with E-state index < -0.39 is 6.04 Å². The Hall–Kier alpha value is -2.18. The van der Waals surface area contributed by atoms with Crippen LogP contribution in [0.1, 0.15) is 12.0 Å². The maximum atomic E-state index is 11.8. The van der Waals surface area contributed by atoms with Gasteiger partial charge in [-0.25, -0.2) is 9.97 Å². The van der Waals surface area contributed by atoms with Crippen LogP contribution in [0.15, 0.2) is 6.33 Å². The first-order valence-electron chi connectivity index (χ1n) is 5.47. The number of imide groups is 1. The molecule has 1 fully saturated rings. The van der Waals surface area contributed by atoms with E-state index in [1.165, 1.54) is 20.5 Å². The molecule has 2 rings (SSSR count). The molecule has 1 N–H and O–H groups in total. The Morgan fingerprint density at radius 1 is 1.44 bits per heavy atom. The number of rotatable bonds is 3. The second kappa shape index (κ2) is 4.59. The van der Waals surface area contributed by atoms with Crippen molar-refractivity contribution in [3.63, 3.8) is 0 Å². The van der Waals surface area contributed by atoms with Gasteiger partial charge in [-0.2, -0.15) is 0 Å². The van der Waals surface area contributed by atoms with Gasteiger partial charge in [-0.3, -0.25) is 14.5 Å². The van der Waals surface area contributed by atoms with Crippen molar-refractivity contribution in [2.75, 3.05) is 19.5 Å². The summed E-state index contributed by atoms with van der Waals surface area (Å²) in [5.41, 5.74) is 0.704. The molecule has 2 amide bonds. The lowest BCUT2D eigenvalue weighted by molar-refractivity contribution is -0.136. The van der Waals surface area contributed by atoms with E-state index in [2.05, 4.69) is 15.3 Å². The molecule has 1 aliphatic heterocycles. The number of ether oxygens (including phenoxy) is 1. The molecule has 2 heterocycles. The molecule has 0 aliphatic carbocycles. The van der Waals surface area contributed by atoms with Crippen molar-refractivity contribution in [3.05, 3.63) is 11.9 Å². The van der Waals surface area contributed by atoms with Crippen molar-refractivity contribution in [2.45, 2.75) is 19.4 Å². The number of amides is 2. The van der Waals surface area contributed by atoms with Crippen LogP contribution in [0.25, 0.3) is 0 Å². The molecule has 1 saturated heterocycles. The van der Waals surface area contributed by atoms with Gasteiger partial charge in [-0.15, -0.1) is 0 Å². The molecule has 1 aliphatic rings. The van der Waals surface area contributed by atoms with Gasteiger partial charge in [0, 0.05) is 7.05 Å². The number of anilines is 1. The molecule has 1 atom stereocenters. The van der Waals surface area contributed by atoms with Gasteiger partial charge < -0.3 is 10.1 Å². The molecular formula is C11H14N4O3. The highest BCUT2D eigenvalue weighted by Gasteiger charge is 2.36. The minimum atomic E-state index is -0.569. The van der Waals surface area contributed by atoms with Crippen molar-refractivity contribution in [1.82, 2.24) is 14.9 Å². The summed E-state index contributed by atoms with van der Waals surface area (Å²) in [5, 5.41) is 2.95. The number of aromatic nitrogens is 2. The Morgan fingerprint density at radius 2 is 2.17 bits per heavy atom. The lowest BCUT2D eigenvalue weighted by Crippen LogP contribution is -2.32. The third-order valence-corrected chi connectivity index (χ3v) is 2.92. The highest BCUT2D eigenvalue weighted by atomic mass is 16.5. The fourth-order valence-corrected chi connectivity index (χ4v) is 1.82. The van der Waals surface area contributed by atoms with E-state index in [1.807, 2.05) is 0 Å². The summed E-state index contributed by atoms with van der Waals surface area (Å²) in [6.07, 6.45) is 1.49. The summed E-state index contributed by atoms with van der Waals surface area (Å²) >= 11 is 0. The molecular weight excluding hydrogens is 236 g/mol. The second-order valence-electron chi connectivity index (χ2n) is 4.05. The molecule has 18 heavy (non-hydrogen) atoms. The highest BCUT2D eigenvalue weighted by Crippen LogP contribution is 2.22. The average molecular weight is 250 g/mol. The summed E-state index contributed by atoms with van der Waals surface area (Å²) in [7, 11) is 2.98. The molecule has 1 aromatic rings. The third-order valence-electron chi connectivity index (χ3n) is 2.92. The van der Waals surface area contributed by atoms with Crippen LogP contribution in [-0.2, 0) is 9.59 Å². The Morgan fingerprint density at radius 3 is 2.72 bits per heavy atom. The van der Waals surface area contributed by atoms with Crippen LogP contribution in [0, 0.1) is 6.92 Å². The van der Waals surface area contributed by atoms with Gasteiger partial charge in [0.1, 0.15) is 18.2 Å². The number of carbonyl (C=O) groups is 2. The van der Waals surface area contributed by atoms with Crippen molar-refractivity contribution in [2.24, 2.45) is 0 Å². The zero-order valence-electron chi connectivity index (χ0n) is 10.4. The number of carbonyl (C=O) groups excluding carboxylic acids is 2. The average Bonchev–Trinajstić information content (AvgIpc) is 2.60. The van der Waals surface area contributed by atoms with Crippen LogP contribution >= 0.6 is 0 Å². The number of nitrogens with zero attached hydrogens (tertiary/aromatic N) is 3. The van der Waals surface area contributed by atoms with E-state index in [-0.39, 0.29) is 18.2 Å². The van der Waals surface area contributed by atoms with Crippen LogP contribution in [0.2, 0.25) is 0 Å². The normalized spacial score (nSPS) is 19.3. The van der Waals surface area contributed by atoms with E-state index in [1.54, 1.807) is 6.92 Å². The number of hydrogen-bond donors (Lipinski definition) is 1. The van der Waals surface area contributed by atoms with E-state index in [0.717, 1.165) is 4.90 Å². The van der Waals surface area contributed by atoms with Crippen molar-refractivity contribution < 1.29 is 14.3 Å².